The highest BCUT2D eigenvalue weighted by Crippen LogP contribution is 2.44. The number of Topliss-reactive ketones (excluding diaryl/α,β-unsaturated/α-hetero) is 2. The summed E-state index contributed by atoms with van der Waals surface area (Å²) in [7, 11) is 0. The molecule has 3 saturated carbocycles. The Kier molecular flexibility index (Phi) is 11.9. The number of likely N-dealkylation sites (tertiary alicyclic amines) is 1. The van der Waals surface area contributed by atoms with Gasteiger partial charge in [-0.05, 0) is 68.1 Å². The van der Waals surface area contributed by atoms with Crippen LogP contribution in [0.3, 0.4) is 0 Å². The van der Waals surface area contributed by atoms with Crippen LogP contribution in [0, 0.1) is 29.1 Å². The van der Waals surface area contributed by atoms with Crippen molar-refractivity contribution in [3.8, 4) is 0 Å². The monoisotopic (exact) mass is 678 g/mol. The SMILES string of the molecule is CCC[C@H](CC(=O)[C@@H]1[C@H]2CCC[C@H]2CN1C(=O)C(NC(=O)[C@@H](NC(=O)c1cnccn1)C1CCCCC1)C(C)(C)C)C(=O)C(=O)NC1CC1. The summed E-state index contributed by atoms with van der Waals surface area (Å²) >= 11 is 0. The minimum atomic E-state index is -0.967. The van der Waals surface area contributed by atoms with Crippen molar-refractivity contribution >= 4 is 35.2 Å². The zero-order chi connectivity index (χ0) is 35.3. The van der Waals surface area contributed by atoms with Crippen molar-refractivity contribution < 1.29 is 28.8 Å². The average Bonchev–Trinajstić information content (AvgIpc) is 3.65. The van der Waals surface area contributed by atoms with E-state index in [9.17, 15) is 28.8 Å². The molecule has 12 heteroatoms. The lowest BCUT2D eigenvalue weighted by Gasteiger charge is -2.38. The molecule has 1 aliphatic heterocycles. The van der Waals surface area contributed by atoms with Crippen LogP contribution in [0.15, 0.2) is 18.6 Å². The lowest BCUT2D eigenvalue weighted by atomic mass is 9.81. The molecule has 5 rings (SSSR count). The molecule has 1 saturated heterocycles. The standard InChI is InChI=1S/C37H54N6O6/c1-5-10-23(31(45)35(48)40-25-15-16-25)19-28(44)30-26-14-9-13-24(26)21-43(30)36(49)32(37(2,3)4)42-34(47)29(22-11-7-6-8-12-22)41-33(46)27-20-38-17-18-39-27/h17-18,20,22-26,29-30,32H,5-16,19,21H2,1-4H3,(H,40,48)(H,41,46)(H,42,47)/t23-,24+,26+,29+,30+,32?/m1/s1. The van der Waals surface area contributed by atoms with Crippen molar-refractivity contribution in [3.63, 3.8) is 0 Å². The Labute approximate surface area is 289 Å². The van der Waals surface area contributed by atoms with Crippen LogP contribution in [0.1, 0.15) is 122 Å². The normalized spacial score (nSPS) is 24.3. The number of nitrogens with one attached hydrogen (secondary N) is 3. The van der Waals surface area contributed by atoms with Gasteiger partial charge in [-0.25, -0.2) is 4.98 Å². The first-order chi connectivity index (χ1) is 23.4. The zero-order valence-electron chi connectivity index (χ0n) is 29.5. The lowest BCUT2D eigenvalue weighted by Crippen LogP contribution is -2.61. The van der Waals surface area contributed by atoms with Gasteiger partial charge in [0.1, 0.15) is 17.8 Å². The second-order valence-corrected chi connectivity index (χ2v) is 15.8. The molecule has 4 aliphatic rings. The molecule has 2 heterocycles. The third kappa shape index (κ3) is 8.91. The van der Waals surface area contributed by atoms with Gasteiger partial charge >= 0.3 is 0 Å². The minimum absolute atomic E-state index is 0.0216. The van der Waals surface area contributed by atoms with Crippen LogP contribution in [-0.2, 0) is 24.0 Å². The molecule has 3 aliphatic carbocycles. The van der Waals surface area contributed by atoms with E-state index in [-0.39, 0.29) is 47.6 Å². The van der Waals surface area contributed by atoms with Crippen LogP contribution < -0.4 is 16.0 Å². The average molecular weight is 679 g/mol. The van der Waals surface area contributed by atoms with Gasteiger partial charge in [-0.2, -0.15) is 0 Å². The summed E-state index contributed by atoms with van der Waals surface area (Å²) in [5.74, 6) is -3.34. The molecular weight excluding hydrogens is 624 g/mol. The Morgan fingerprint density at radius 1 is 0.918 bits per heavy atom. The summed E-state index contributed by atoms with van der Waals surface area (Å²) in [6.07, 6.45) is 14.1. The van der Waals surface area contributed by atoms with Crippen molar-refractivity contribution in [1.29, 1.82) is 0 Å². The Morgan fingerprint density at radius 3 is 2.29 bits per heavy atom. The Bertz CT molecular complexity index is 1390. The van der Waals surface area contributed by atoms with E-state index in [1.165, 1.54) is 18.6 Å². The fourth-order valence-electron chi connectivity index (χ4n) is 8.20. The first-order valence-corrected chi connectivity index (χ1v) is 18.4. The van der Waals surface area contributed by atoms with E-state index in [1.807, 2.05) is 27.7 Å². The van der Waals surface area contributed by atoms with Crippen LogP contribution in [0.2, 0.25) is 0 Å². The number of rotatable bonds is 14. The van der Waals surface area contributed by atoms with Gasteiger partial charge in [0.15, 0.2) is 5.78 Å². The van der Waals surface area contributed by atoms with Gasteiger partial charge in [-0.15, -0.1) is 0 Å². The van der Waals surface area contributed by atoms with Gasteiger partial charge < -0.3 is 20.9 Å². The van der Waals surface area contributed by atoms with E-state index in [1.54, 1.807) is 4.90 Å². The van der Waals surface area contributed by atoms with Crippen molar-refractivity contribution in [1.82, 2.24) is 30.8 Å². The smallest absolute Gasteiger partial charge is 0.287 e. The third-order valence-electron chi connectivity index (χ3n) is 11.0. The number of fused-ring (bicyclic) bond motifs is 1. The van der Waals surface area contributed by atoms with E-state index < -0.39 is 53.0 Å². The summed E-state index contributed by atoms with van der Waals surface area (Å²) in [5, 5.41) is 8.70. The molecule has 49 heavy (non-hydrogen) atoms. The maximum Gasteiger partial charge on any atom is 0.287 e. The number of nitrogens with zero attached hydrogens (tertiary/aromatic N) is 3. The van der Waals surface area contributed by atoms with Crippen molar-refractivity contribution in [2.75, 3.05) is 6.54 Å². The lowest BCUT2D eigenvalue weighted by molar-refractivity contribution is -0.146. The molecule has 0 spiro atoms. The first kappa shape index (κ1) is 36.6. The quantitative estimate of drug-likeness (QED) is 0.251. The number of aromatic nitrogens is 2. The molecule has 1 aromatic rings. The van der Waals surface area contributed by atoms with Crippen molar-refractivity contribution in [2.24, 2.45) is 29.1 Å². The van der Waals surface area contributed by atoms with E-state index in [4.69, 9.17) is 0 Å². The second kappa shape index (κ2) is 15.9. The number of hydrogen-bond donors (Lipinski definition) is 3. The van der Waals surface area contributed by atoms with E-state index in [0.29, 0.717) is 19.4 Å². The topological polar surface area (TPSA) is 168 Å². The molecule has 12 nitrogen and oxygen atoms in total. The highest BCUT2D eigenvalue weighted by Gasteiger charge is 2.52. The largest absolute Gasteiger partial charge is 0.347 e. The first-order valence-electron chi connectivity index (χ1n) is 18.4. The molecular formula is C37H54N6O6. The predicted molar refractivity (Wildman–Crippen MR) is 182 cm³/mol. The van der Waals surface area contributed by atoms with Gasteiger partial charge in [0, 0.05) is 37.3 Å². The van der Waals surface area contributed by atoms with Gasteiger partial charge in [0.2, 0.25) is 17.6 Å². The van der Waals surface area contributed by atoms with E-state index >= 15 is 0 Å². The van der Waals surface area contributed by atoms with Crippen LogP contribution in [-0.4, -0.2) is 80.8 Å². The fourth-order valence-corrected chi connectivity index (χ4v) is 8.20. The number of ketones is 2. The third-order valence-corrected chi connectivity index (χ3v) is 11.0. The summed E-state index contributed by atoms with van der Waals surface area (Å²) in [4.78, 5) is 91.7. The van der Waals surface area contributed by atoms with E-state index in [2.05, 4.69) is 25.9 Å². The maximum atomic E-state index is 14.6. The number of hydrogen-bond acceptors (Lipinski definition) is 8. The molecule has 0 bridgehead atoms. The molecule has 0 radical (unpaired) electrons. The molecule has 4 amide bonds. The Balaban J connectivity index is 1.36. The van der Waals surface area contributed by atoms with E-state index in [0.717, 1.165) is 64.2 Å². The number of carbonyl (C=O) groups excluding carboxylic acids is 6. The molecule has 268 valence electrons. The number of amides is 4. The number of carbonyl (C=O) groups is 6. The van der Waals surface area contributed by atoms with Crippen LogP contribution >= 0.6 is 0 Å². The van der Waals surface area contributed by atoms with Crippen molar-refractivity contribution in [2.45, 2.75) is 135 Å². The minimum Gasteiger partial charge on any atom is -0.347 e. The predicted octanol–water partition coefficient (Wildman–Crippen LogP) is 3.54. The van der Waals surface area contributed by atoms with Crippen LogP contribution in [0.25, 0.3) is 0 Å². The Hall–Kier alpha value is -3.70. The second-order valence-electron chi connectivity index (χ2n) is 15.8. The molecule has 3 N–H and O–H groups in total. The maximum absolute atomic E-state index is 14.6. The summed E-state index contributed by atoms with van der Waals surface area (Å²) < 4.78 is 0. The van der Waals surface area contributed by atoms with Crippen molar-refractivity contribution in [3.05, 3.63) is 24.3 Å². The van der Waals surface area contributed by atoms with Gasteiger partial charge in [0.25, 0.3) is 11.8 Å². The molecule has 6 atom stereocenters. The Morgan fingerprint density at radius 2 is 1.65 bits per heavy atom. The van der Waals surface area contributed by atoms with Gasteiger partial charge in [-0.1, -0.05) is 59.8 Å². The van der Waals surface area contributed by atoms with Crippen LogP contribution in [0.4, 0.5) is 0 Å². The van der Waals surface area contributed by atoms with Gasteiger partial charge in [0.05, 0.1) is 12.2 Å². The summed E-state index contributed by atoms with van der Waals surface area (Å²) in [5.41, 5.74) is -0.611. The van der Waals surface area contributed by atoms with Crippen LogP contribution in [0.5, 0.6) is 0 Å². The summed E-state index contributed by atoms with van der Waals surface area (Å²) in [6.45, 7) is 7.98. The fraction of sp³-hybridized carbons (Fsp3) is 0.730. The highest BCUT2D eigenvalue weighted by atomic mass is 16.2. The summed E-state index contributed by atoms with van der Waals surface area (Å²) in [6, 6.07) is -2.51. The van der Waals surface area contributed by atoms with Gasteiger partial charge in [-0.3, -0.25) is 33.8 Å². The zero-order valence-corrected chi connectivity index (χ0v) is 29.5. The molecule has 4 fully saturated rings. The molecule has 1 unspecified atom stereocenters. The highest BCUT2D eigenvalue weighted by molar-refractivity contribution is 6.37. The molecule has 0 aromatic carbocycles. The molecule has 1 aromatic heterocycles.